The van der Waals surface area contributed by atoms with Gasteiger partial charge < -0.3 is 10.2 Å². The van der Waals surface area contributed by atoms with E-state index in [0.29, 0.717) is 5.69 Å². The molecule has 3 rings (SSSR count). The van der Waals surface area contributed by atoms with Crippen molar-refractivity contribution in [2.24, 2.45) is 5.10 Å². The summed E-state index contributed by atoms with van der Waals surface area (Å²) >= 11 is 0. The quantitative estimate of drug-likeness (QED) is 0.354. The smallest absolute Gasteiger partial charge is 0.400 e. The Morgan fingerprint density at radius 3 is 2.92 bits per heavy atom. The molecule has 0 radical (unpaired) electrons. The van der Waals surface area contributed by atoms with E-state index in [2.05, 4.69) is 35.8 Å². The van der Waals surface area contributed by atoms with Gasteiger partial charge in [0.1, 0.15) is 4.92 Å². The number of nitrogens with one attached hydrogen (secondary N) is 1. The number of hydrogen-bond donors (Lipinski definition) is 2. The highest BCUT2D eigenvalue weighted by Gasteiger charge is 2.20. The molecule has 0 saturated carbocycles. The Labute approximate surface area is 137 Å². The van der Waals surface area contributed by atoms with Crippen LogP contribution < -0.4 is 11.2 Å². The molecular weight excluding hydrogens is 338 g/mol. The number of furan rings is 1. The summed E-state index contributed by atoms with van der Waals surface area (Å²) in [6.45, 7) is 1.56. The first-order chi connectivity index (χ1) is 12.0. The highest BCUT2D eigenvalue weighted by Crippen LogP contribution is 2.15. The van der Waals surface area contributed by atoms with Crippen molar-refractivity contribution in [3.8, 4) is 5.82 Å². The molecule has 0 atom stereocenters. The van der Waals surface area contributed by atoms with E-state index in [1.165, 1.54) is 10.7 Å². The minimum Gasteiger partial charge on any atom is -0.400 e. The van der Waals surface area contributed by atoms with E-state index >= 15 is 0 Å². The summed E-state index contributed by atoms with van der Waals surface area (Å²) in [6.07, 6.45) is 1.10. The van der Waals surface area contributed by atoms with Gasteiger partial charge in [0.2, 0.25) is 11.6 Å². The second-order valence-electron chi connectivity index (χ2n) is 4.54. The van der Waals surface area contributed by atoms with Crippen molar-refractivity contribution in [2.75, 3.05) is 5.73 Å². The van der Waals surface area contributed by atoms with Crippen LogP contribution in [0, 0.1) is 17.0 Å². The lowest BCUT2D eigenvalue weighted by Gasteiger charge is -1.98. The van der Waals surface area contributed by atoms with Crippen LogP contribution in [0.4, 0.5) is 11.7 Å². The minimum atomic E-state index is -0.692. The standard InChI is InChI=1S/C11H9N9O5/c1-5-8(14-18-19(5)10-9(12)16-25-17-10)11(21)15-13-4-6-2-3-7(24-6)20(22)23/h2-4H,1H3,(H2,12,16)(H,15,21). The Balaban J connectivity index is 1.71. The number of amides is 1. The summed E-state index contributed by atoms with van der Waals surface area (Å²) in [5.74, 6) is -0.942. The fourth-order valence-electron chi connectivity index (χ4n) is 1.80. The van der Waals surface area contributed by atoms with Gasteiger partial charge in [0.05, 0.1) is 18.0 Å². The second kappa shape index (κ2) is 6.19. The van der Waals surface area contributed by atoms with Crippen molar-refractivity contribution in [1.29, 1.82) is 0 Å². The third-order valence-electron chi connectivity index (χ3n) is 2.96. The Morgan fingerprint density at radius 2 is 2.28 bits per heavy atom. The normalized spacial score (nSPS) is 11.1. The number of carbonyl (C=O) groups is 1. The van der Waals surface area contributed by atoms with Crippen LogP contribution in [0.15, 0.2) is 26.3 Å². The molecule has 3 N–H and O–H groups in total. The highest BCUT2D eigenvalue weighted by molar-refractivity contribution is 5.93. The maximum absolute atomic E-state index is 12.1. The number of nitrogens with zero attached hydrogens (tertiary/aromatic N) is 7. The van der Waals surface area contributed by atoms with Crippen LogP contribution in [0.1, 0.15) is 21.9 Å². The van der Waals surface area contributed by atoms with Gasteiger partial charge in [-0.25, -0.2) is 10.1 Å². The zero-order valence-corrected chi connectivity index (χ0v) is 12.5. The van der Waals surface area contributed by atoms with E-state index in [1.54, 1.807) is 6.92 Å². The first-order valence-electron chi connectivity index (χ1n) is 6.55. The maximum atomic E-state index is 12.1. The fraction of sp³-hybridized carbons (Fsp3) is 0.0909. The van der Waals surface area contributed by atoms with Crippen LogP contribution in [0.2, 0.25) is 0 Å². The lowest BCUT2D eigenvalue weighted by molar-refractivity contribution is -0.402. The number of hydrazone groups is 1. The first kappa shape index (κ1) is 15.8. The molecule has 1 amide bonds. The summed E-state index contributed by atoms with van der Waals surface area (Å²) in [7, 11) is 0. The van der Waals surface area contributed by atoms with Crippen molar-refractivity contribution < 1.29 is 18.8 Å². The summed E-state index contributed by atoms with van der Waals surface area (Å²) in [4.78, 5) is 21.9. The van der Waals surface area contributed by atoms with E-state index in [4.69, 9.17) is 10.2 Å². The largest absolute Gasteiger partial charge is 0.433 e. The summed E-state index contributed by atoms with van der Waals surface area (Å²) in [5.41, 5.74) is 8.04. The van der Waals surface area contributed by atoms with Gasteiger partial charge in [-0.05, 0) is 23.3 Å². The van der Waals surface area contributed by atoms with Crippen molar-refractivity contribution in [3.63, 3.8) is 0 Å². The summed E-state index contributed by atoms with van der Waals surface area (Å²) in [5, 5.41) is 28.6. The van der Waals surface area contributed by atoms with E-state index in [0.717, 1.165) is 12.3 Å². The average molecular weight is 347 g/mol. The van der Waals surface area contributed by atoms with Crippen molar-refractivity contribution >= 4 is 23.8 Å². The molecule has 25 heavy (non-hydrogen) atoms. The second-order valence-corrected chi connectivity index (χ2v) is 4.54. The van der Waals surface area contributed by atoms with Gasteiger partial charge >= 0.3 is 5.88 Å². The molecule has 3 heterocycles. The van der Waals surface area contributed by atoms with Gasteiger partial charge in [0, 0.05) is 0 Å². The minimum absolute atomic E-state index is 0.0163. The zero-order chi connectivity index (χ0) is 18.0. The Bertz CT molecular complexity index is 968. The highest BCUT2D eigenvalue weighted by atomic mass is 16.6. The van der Waals surface area contributed by atoms with Crippen LogP contribution in [0.3, 0.4) is 0 Å². The van der Waals surface area contributed by atoms with E-state index in [1.807, 2.05) is 0 Å². The number of nitrogens with two attached hydrogens (primary N) is 1. The molecule has 128 valence electrons. The number of anilines is 1. The lowest BCUT2D eigenvalue weighted by Crippen LogP contribution is -2.19. The summed E-state index contributed by atoms with van der Waals surface area (Å²) < 4.78 is 10.5. The van der Waals surface area contributed by atoms with Gasteiger partial charge in [-0.1, -0.05) is 5.21 Å². The number of rotatable bonds is 5. The maximum Gasteiger partial charge on any atom is 0.433 e. The molecule has 0 aliphatic carbocycles. The fourth-order valence-corrected chi connectivity index (χ4v) is 1.80. The number of nitrogen functional groups attached to an aromatic ring is 1. The molecule has 0 spiro atoms. The topological polar surface area (TPSA) is 193 Å². The van der Waals surface area contributed by atoms with Crippen LogP contribution in [0.5, 0.6) is 0 Å². The predicted molar refractivity (Wildman–Crippen MR) is 78.8 cm³/mol. The SMILES string of the molecule is Cc1c(C(=O)NN=Cc2ccc([N+](=O)[O-])o2)nnn1-c1nonc1N. The van der Waals surface area contributed by atoms with Crippen LogP contribution in [-0.4, -0.2) is 42.4 Å². The molecular formula is C11H9N9O5. The molecule has 0 aromatic carbocycles. The van der Waals surface area contributed by atoms with E-state index in [9.17, 15) is 14.9 Å². The third kappa shape index (κ3) is 3.03. The molecule has 0 saturated heterocycles. The van der Waals surface area contributed by atoms with E-state index in [-0.39, 0.29) is 23.1 Å². The third-order valence-corrected chi connectivity index (χ3v) is 2.96. The molecule has 0 bridgehead atoms. The number of carbonyl (C=O) groups excluding carboxylic acids is 1. The van der Waals surface area contributed by atoms with Gasteiger partial charge in [-0.2, -0.15) is 9.78 Å². The van der Waals surface area contributed by atoms with Crippen molar-refractivity contribution in [2.45, 2.75) is 6.92 Å². The Kier molecular flexibility index (Phi) is 3.90. The molecule has 0 aliphatic rings. The van der Waals surface area contributed by atoms with Crippen molar-refractivity contribution in [1.82, 2.24) is 30.7 Å². The van der Waals surface area contributed by atoms with Gasteiger partial charge in [0.15, 0.2) is 11.5 Å². The number of aromatic nitrogens is 5. The predicted octanol–water partition coefficient (Wildman–Crippen LogP) is -0.194. The average Bonchev–Trinajstić information content (AvgIpc) is 3.27. The van der Waals surface area contributed by atoms with Gasteiger partial charge in [-0.15, -0.1) is 5.10 Å². The van der Waals surface area contributed by atoms with Crippen LogP contribution in [0.25, 0.3) is 5.82 Å². The molecule has 0 aliphatic heterocycles. The zero-order valence-electron chi connectivity index (χ0n) is 12.5. The molecule has 0 unspecified atom stereocenters. The Morgan fingerprint density at radius 1 is 1.48 bits per heavy atom. The molecule has 0 fully saturated rings. The molecule has 14 heteroatoms. The molecule has 3 aromatic rings. The molecule has 3 aromatic heterocycles. The lowest BCUT2D eigenvalue weighted by atomic mass is 10.3. The van der Waals surface area contributed by atoms with Gasteiger partial charge in [-0.3, -0.25) is 14.9 Å². The van der Waals surface area contributed by atoms with Crippen LogP contribution >= 0.6 is 0 Å². The monoisotopic (exact) mass is 347 g/mol. The Hall–Kier alpha value is -4.10. The van der Waals surface area contributed by atoms with Crippen molar-refractivity contribution in [3.05, 3.63) is 39.4 Å². The van der Waals surface area contributed by atoms with E-state index < -0.39 is 16.7 Å². The number of nitro groups is 1. The molecule has 14 nitrogen and oxygen atoms in total. The number of hydrogen-bond acceptors (Lipinski definition) is 11. The van der Waals surface area contributed by atoms with Crippen LogP contribution in [-0.2, 0) is 0 Å². The van der Waals surface area contributed by atoms with Gasteiger partial charge in [0.25, 0.3) is 5.91 Å². The summed E-state index contributed by atoms with van der Waals surface area (Å²) in [6, 6.07) is 2.49. The first-order valence-corrected chi connectivity index (χ1v) is 6.55.